The first-order chi connectivity index (χ1) is 4.63. The molecule has 4 heteroatoms. The smallest absolute Gasteiger partial charge is 0.311 e. The van der Waals surface area contributed by atoms with E-state index in [1.807, 2.05) is 0 Å². The zero-order chi connectivity index (χ0) is 8.15. The van der Waals surface area contributed by atoms with E-state index in [9.17, 15) is 9.59 Å². The highest BCUT2D eigenvalue weighted by Gasteiger charge is 2.15. The van der Waals surface area contributed by atoms with Gasteiger partial charge in [-0.2, -0.15) is 0 Å². The van der Waals surface area contributed by atoms with Gasteiger partial charge >= 0.3 is 5.97 Å². The summed E-state index contributed by atoms with van der Waals surface area (Å²) in [4.78, 5) is 20.3. The van der Waals surface area contributed by atoms with Crippen molar-refractivity contribution in [2.24, 2.45) is 5.92 Å². The summed E-state index contributed by atoms with van der Waals surface area (Å²) in [5.41, 5.74) is 0.313. The van der Waals surface area contributed by atoms with E-state index in [1.165, 1.54) is 6.92 Å². The highest BCUT2D eigenvalue weighted by Crippen LogP contribution is 2.09. The number of carboxylic acid groups (broad SMARTS) is 1. The van der Waals surface area contributed by atoms with Gasteiger partial charge in [0.25, 0.3) is 0 Å². The molecule has 0 aromatic heterocycles. The molecule has 0 amide bonds. The van der Waals surface area contributed by atoms with Crippen LogP contribution in [0.25, 0.3) is 0 Å². The van der Waals surface area contributed by atoms with Crippen molar-refractivity contribution in [3.05, 3.63) is 5.57 Å². The maximum atomic E-state index is 10.3. The number of hydrogen-bond donors (Lipinski definition) is 1. The lowest BCUT2D eigenvalue weighted by Gasteiger charge is -2.02. The first kappa shape index (κ1) is 12.5. The van der Waals surface area contributed by atoms with Crippen molar-refractivity contribution in [1.82, 2.24) is 0 Å². The van der Waals surface area contributed by atoms with Gasteiger partial charge in [-0.25, -0.2) is 4.79 Å². The largest absolute Gasteiger partial charge is 0.481 e. The van der Waals surface area contributed by atoms with E-state index in [0.29, 0.717) is 12.0 Å². The predicted octanol–water partition coefficient (Wildman–Crippen LogP) is 0.0504. The molecule has 0 saturated carbocycles. The van der Waals surface area contributed by atoms with E-state index in [-0.39, 0.29) is 5.48 Å². The molecule has 0 heterocycles. The van der Waals surface area contributed by atoms with E-state index < -0.39 is 11.9 Å². The highest BCUT2D eigenvalue weighted by molar-refractivity contribution is 5.76. The third-order valence-electron chi connectivity index (χ3n) is 1.41. The number of hydrogen-bond acceptors (Lipinski definition) is 2. The SMILES string of the molecule is CCC(=C=O)C(C)C(=O)O.O. The van der Waals surface area contributed by atoms with Crippen LogP contribution in [0.15, 0.2) is 5.57 Å². The second-order valence-electron chi connectivity index (χ2n) is 2.04. The third kappa shape index (κ3) is 3.55. The molecule has 0 spiro atoms. The molecule has 0 aromatic carbocycles. The summed E-state index contributed by atoms with van der Waals surface area (Å²) in [6.07, 6.45) is 0.455. The van der Waals surface area contributed by atoms with Gasteiger partial charge in [0.1, 0.15) is 5.94 Å². The van der Waals surface area contributed by atoms with Crippen LogP contribution in [0.3, 0.4) is 0 Å². The Kier molecular flexibility index (Phi) is 6.44. The van der Waals surface area contributed by atoms with Gasteiger partial charge in [-0.15, -0.1) is 0 Å². The Labute approximate surface area is 64.8 Å². The molecule has 0 radical (unpaired) electrons. The molecule has 4 nitrogen and oxygen atoms in total. The molecule has 0 aliphatic heterocycles. The lowest BCUT2D eigenvalue weighted by atomic mass is 10.0. The number of carbonyl (C=O) groups is 1. The van der Waals surface area contributed by atoms with Crippen LogP contribution >= 0.6 is 0 Å². The molecule has 0 rings (SSSR count). The van der Waals surface area contributed by atoms with Gasteiger partial charge in [0.2, 0.25) is 0 Å². The molecule has 3 N–H and O–H groups in total. The van der Waals surface area contributed by atoms with Gasteiger partial charge in [-0.3, -0.25) is 4.79 Å². The van der Waals surface area contributed by atoms with Crippen molar-refractivity contribution in [2.45, 2.75) is 20.3 Å². The van der Waals surface area contributed by atoms with E-state index in [4.69, 9.17) is 5.11 Å². The van der Waals surface area contributed by atoms with Crippen molar-refractivity contribution in [2.75, 3.05) is 0 Å². The molecule has 0 aliphatic rings. The average Bonchev–Trinajstić information content (AvgIpc) is 1.90. The Balaban J connectivity index is 0. The van der Waals surface area contributed by atoms with Crippen LogP contribution in [0.5, 0.6) is 0 Å². The Hall–Kier alpha value is -1.12. The van der Waals surface area contributed by atoms with Crippen LogP contribution in [0.2, 0.25) is 0 Å². The standard InChI is InChI=1S/C7H10O3.H2O/c1-3-6(4-8)5(2)7(9)10;/h5H,3H2,1-2H3,(H,9,10);1H2. The lowest BCUT2D eigenvalue weighted by molar-refractivity contribution is -0.139. The summed E-state index contributed by atoms with van der Waals surface area (Å²) in [6.45, 7) is 3.21. The summed E-state index contributed by atoms with van der Waals surface area (Å²) in [5.74, 6) is -0.0455. The summed E-state index contributed by atoms with van der Waals surface area (Å²) < 4.78 is 0. The van der Waals surface area contributed by atoms with Gasteiger partial charge in [0.05, 0.1) is 5.92 Å². The first-order valence-electron chi connectivity index (χ1n) is 3.10. The molecule has 1 atom stereocenters. The Morgan fingerprint density at radius 3 is 2.18 bits per heavy atom. The van der Waals surface area contributed by atoms with Gasteiger partial charge in [0, 0.05) is 5.57 Å². The maximum absolute atomic E-state index is 10.3. The van der Waals surface area contributed by atoms with Gasteiger partial charge < -0.3 is 10.6 Å². The Morgan fingerprint density at radius 1 is 1.64 bits per heavy atom. The molecule has 1 unspecified atom stereocenters. The van der Waals surface area contributed by atoms with Crippen LogP contribution in [0, 0.1) is 5.92 Å². The summed E-state index contributed by atoms with van der Waals surface area (Å²) in [6, 6.07) is 0. The minimum absolute atomic E-state index is 0. The third-order valence-corrected chi connectivity index (χ3v) is 1.41. The second-order valence-corrected chi connectivity index (χ2v) is 2.04. The molecular formula is C7H12O4. The zero-order valence-corrected chi connectivity index (χ0v) is 6.55. The van der Waals surface area contributed by atoms with Crippen molar-refractivity contribution < 1.29 is 20.2 Å². The number of rotatable bonds is 3. The summed E-state index contributed by atoms with van der Waals surface area (Å²) in [5, 5.41) is 8.41. The van der Waals surface area contributed by atoms with Crippen molar-refractivity contribution in [3.63, 3.8) is 0 Å². The average molecular weight is 160 g/mol. The minimum Gasteiger partial charge on any atom is -0.481 e. The van der Waals surface area contributed by atoms with Crippen LogP contribution in [-0.2, 0) is 9.59 Å². The van der Waals surface area contributed by atoms with Crippen LogP contribution in [-0.4, -0.2) is 22.5 Å². The maximum Gasteiger partial charge on any atom is 0.311 e. The molecule has 0 aliphatic carbocycles. The normalized spacial score (nSPS) is 10.7. The van der Waals surface area contributed by atoms with E-state index in [0.717, 1.165) is 0 Å². The molecule has 11 heavy (non-hydrogen) atoms. The van der Waals surface area contributed by atoms with Gasteiger partial charge in [0.15, 0.2) is 0 Å². The molecular weight excluding hydrogens is 148 g/mol. The molecule has 0 aromatic rings. The van der Waals surface area contributed by atoms with E-state index >= 15 is 0 Å². The number of carboxylic acids is 1. The molecule has 64 valence electrons. The lowest BCUT2D eigenvalue weighted by Crippen LogP contribution is -2.12. The van der Waals surface area contributed by atoms with Crippen molar-refractivity contribution in [3.8, 4) is 0 Å². The van der Waals surface area contributed by atoms with Crippen LogP contribution in [0.4, 0.5) is 0 Å². The van der Waals surface area contributed by atoms with E-state index in [1.54, 1.807) is 12.9 Å². The Morgan fingerprint density at radius 2 is 2.09 bits per heavy atom. The van der Waals surface area contributed by atoms with Crippen molar-refractivity contribution >= 4 is 11.9 Å². The quantitative estimate of drug-likeness (QED) is 0.592. The minimum atomic E-state index is -0.972. The molecule has 0 bridgehead atoms. The highest BCUT2D eigenvalue weighted by atomic mass is 16.4. The second kappa shape index (κ2) is 5.65. The number of carbonyl (C=O) groups excluding carboxylic acids is 1. The zero-order valence-electron chi connectivity index (χ0n) is 6.55. The van der Waals surface area contributed by atoms with Crippen LogP contribution in [0.1, 0.15) is 20.3 Å². The summed E-state index contributed by atoms with van der Waals surface area (Å²) in [7, 11) is 0. The van der Waals surface area contributed by atoms with Crippen LogP contribution < -0.4 is 0 Å². The fourth-order valence-electron chi connectivity index (χ4n) is 0.616. The fourth-order valence-corrected chi connectivity index (χ4v) is 0.616. The topological polar surface area (TPSA) is 85.9 Å². The molecule has 0 fully saturated rings. The van der Waals surface area contributed by atoms with E-state index in [2.05, 4.69) is 0 Å². The number of aliphatic carboxylic acids is 1. The predicted molar refractivity (Wildman–Crippen MR) is 39.9 cm³/mol. The van der Waals surface area contributed by atoms with Gasteiger partial charge in [-0.1, -0.05) is 6.92 Å². The summed E-state index contributed by atoms with van der Waals surface area (Å²) >= 11 is 0. The monoisotopic (exact) mass is 160 g/mol. The van der Waals surface area contributed by atoms with Crippen molar-refractivity contribution in [1.29, 1.82) is 0 Å². The fraction of sp³-hybridized carbons (Fsp3) is 0.571. The first-order valence-corrected chi connectivity index (χ1v) is 3.10. The van der Waals surface area contributed by atoms with Gasteiger partial charge in [-0.05, 0) is 13.3 Å². The Bertz CT molecular complexity index is 179. The molecule has 0 saturated heterocycles.